The van der Waals surface area contributed by atoms with Crippen LogP contribution in [0.3, 0.4) is 0 Å². The van der Waals surface area contributed by atoms with Crippen LogP contribution in [0.15, 0.2) is 72.9 Å². The lowest BCUT2D eigenvalue weighted by Crippen LogP contribution is -2.48. The molecule has 3 aromatic rings. The summed E-state index contributed by atoms with van der Waals surface area (Å²) in [7, 11) is 3.28. The lowest BCUT2D eigenvalue weighted by atomic mass is 9.94. The molecule has 210 valence electrons. The highest BCUT2D eigenvalue weighted by atomic mass is 35.5. The molecule has 0 bridgehead atoms. The van der Waals surface area contributed by atoms with Gasteiger partial charge in [0.25, 0.3) is 0 Å². The van der Waals surface area contributed by atoms with Crippen molar-refractivity contribution in [1.29, 1.82) is 0 Å². The van der Waals surface area contributed by atoms with Gasteiger partial charge in [0.15, 0.2) is 0 Å². The van der Waals surface area contributed by atoms with Crippen molar-refractivity contribution in [3.8, 4) is 5.75 Å². The molecule has 0 radical (unpaired) electrons. The third kappa shape index (κ3) is 8.87. The molecule has 39 heavy (non-hydrogen) atoms. The number of carbonyl (C=O) groups is 2. The summed E-state index contributed by atoms with van der Waals surface area (Å²) in [5.74, 6) is 0.721. The van der Waals surface area contributed by atoms with Crippen molar-refractivity contribution in [3.05, 3.63) is 89.7 Å². The Morgan fingerprint density at radius 3 is 2.36 bits per heavy atom. The predicted molar refractivity (Wildman–Crippen MR) is 155 cm³/mol. The molecule has 0 fully saturated rings. The van der Waals surface area contributed by atoms with E-state index in [9.17, 15) is 9.59 Å². The second-order valence-corrected chi connectivity index (χ2v) is 10.6. The first-order valence-electron chi connectivity index (χ1n) is 13.2. The maximum Gasteiger partial charge on any atom is 0.242 e. The Kier molecular flexibility index (Phi) is 11.4. The van der Waals surface area contributed by atoms with Crippen LogP contribution >= 0.6 is 11.6 Å². The van der Waals surface area contributed by atoms with Crippen LogP contribution in [0, 0.1) is 5.41 Å². The fourth-order valence-electron chi connectivity index (χ4n) is 4.35. The molecule has 0 unspecified atom stereocenters. The largest absolute Gasteiger partial charge is 0.497 e. The normalized spacial score (nSPS) is 11.3. The number of hydrogen-bond donors (Lipinski definition) is 0. The number of benzene rings is 2. The summed E-state index contributed by atoms with van der Waals surface area (Å²) in [6.45, 7) is 6.01. The number of carbonyl (C=O) groups excluding carboxylic acids is 2. The van der Waals surface area contributed by atoms with E-state index >= 15 is 0 Å². The van der Waals surface area contributed by atoms with E-state index in [1.165, 1.54) is 0 Å². The molecule has 0 saturated heterocycles. The molecule has 7 nitrogen and oxygen atoms in total. The van der Waals surface area contributed by atoms with Crippen molar-refractivity contribution in [1.82, 2.24) is 14.4 Å². The van der Waals surface area contributed by atoms with Crippen molar-refractivity contribution in [2.75, 3.05) is 39.8 Å². The van der Waals surface area contributed by atoms with Crippen molar-refractivity contribution in [3.63, 3.8) is 0 Å². The van der Waals surface area contributed by atoms with Gasteiger partial charge in [-0.3, -0.25) is 9.59 Å². The van der Waals surface area contributed by atoms with Gasteiger partial charge in [0.2, 0.25) is 11.8 Å². The molecule has 1 aromatic heterocycles. The van der Waals surface area contributed by atoms with Crippen molar-refractivity contribution >= 4 is 23.4 Å². The Labute approximate surface area is 237 Å². The SMILES string of the molecule is COCCCN(CC(=O)N(Cc1ccccc1)Cc1cccn1Cc1cccc(OC)c1)C(=O)C(C)(C)CCl. The van der Waals surface area contributed by atoms with Gasteiger partial charge in [-0.25, -0.2) is 0 Å². The fraction of sp³-hybridized carbons (Fsp3) is 0.419. The van der Waals surface area contributed by atoms with Crippen molar-refractivity contribution in [2.24, 2.45) is 5.41 Å². The molecule has 0 aliphatic heterocycles. The van der Waals surface area contributed by atoms with Crippen LogP contribution in [0.25, 0.3) is 0 Å². The smallest absolute Gasteiger partial charge is 0.242 e. The summed E-state index contributed by atoms with van der Waals surface area (Å²) < 4.78 is 12.7. The third-order valence-electron chi connectivity index (χ3n) is 6.64. The number of halogens is 1. The van der Waals surface area contributed by atoms with Gasteiger partial charge in [0, 0.05) is 51.1 Å². The summed E-state index contributed by atoms with van der Waals surface area (Å²) in [5, 5.41) is 0. The lowest BCUT2D eigenvalue weighted by molar-refractivity contribution is -0.146. The van der Waals surface area contributed by atoms with Crippen LogP contribution < -0.4 is 4.74 Å². The molecular weight excluding hydrogens is 514 g/mol. The van der Waals surface area contributed by atoms with Gasteiger partial charge in [-0.15, -0.1) is 11.6 Å². The topological polar surface area (TPSA) is 64.0 Å². The van der Waals surface area contributed by atoms with E-state index in [1.54, 1.807) is 19.1 Å². The quantitative estimate of drug-likeness (QED) is 0.192. The Morgan fingerprint density at radius 2 is 1.67 bits per heavy atom. The molecule has 2 aromatic carbocycles. The Morgan fingerprint density at radius 1 is 0.923 bits per heavy atom. The van der Waals surface area contributed by atoms with E-state index < -0.39 is 5.41 Å². The standard InChI is InChI=1S/C31H40ClN3O4/c1-31(2,24-32)30(37)34(17-10-18-38-3)23-29(36)35(20-25-11-6-5-7-12-25)22-27-14-9-16-33(27)21-26-13-8-15-28(19-26)39-4/h5-9,11-16,19H,10,17-18,20-24H2,1-4H3. The van der Waals surface area contributed by atoms with Gasteiger partial charge in [-0.2, -0.15) is 0 Å². The number of nitrogens with zero attached hydrogens (tertiary/aromatic N) is 3. The zero-order valence-corrected chi connectivity index (χ0v) is 24.2. The molecule has 0 spiro atoms. The zero-order valence-electron chi connectivity index (χ0n) is 23.4. The van der Waals surface area contributed by atoms with E-state index in [0.717, 1.165) is 22.6 Å². The monoisotopic (exact) mass is 553 g/mol. The average Bonchev–Trinajstić information content (AvgIpc) is 3.38. The maximum absolute atomic E-state index is 13.8. The first-order valence-corrected chi connectivity index (χ1v) is 13.7. The van der Waals surface area contributed by atoms with E-state index in [1.807, 2.05) is 85.6 Å². The molecule has 0 N–H and O–H groups in total. The third-order valence-corrected chi connectivity index (χ3v) is 7.30. The lowest BCUT2D eigenvalue weighted by Gasteiger charge is -2.32. The number of alkyl halides is 1. The van der Waals surface area contributed by atoms with E-state index in [2.05, 4.69) is 10.6 Å². The highest BCUT2D eigenvalue weighted by Crippen LogP contribution is 2.22. The van der Waals surface area contributed by atoms with Crippen LogP contribution in [0.4, 0.5) is 0 Å². The summed E-state index contributed by atoms with van der Waals surface area (Å²) >= 11 is 6.12. The van der Waals surface area contributed by atoms with Gasteiger partial charge < -0.3 is 23.8 Å². The molecular formula is C31H40ClN3O4. The van der Waals surface area contributed by atoms with Crippen LogP contribution in [-0.2, 0) is 34.0 Å². The highest BCUT2D eigenvalue weighted by molar-refractivity contribution is 6.19. The highest BCUT2D eigenvalue weighted by Gasteiger charge is 2.33. The van der Waals surface area contributed by atoms with Crippen LogP contribution in [0.2, 0.25) is 0 Å². The second-order valence-electron chi connectivity index (χ2n) is 10.3. The Bertz CT molecular complexity index is 1200. The van der Waals surface area contributed by atoms with Crippen LogP contribution in [0.1, 0.15) is 37.1 Å². The zero-order chi connectivity index (χ0) is 28.3. The predicted octanol–water partition coefficient (Wildman–Crippen LogP) is 5.20. The summed E-state index contributed by atoms with van der Waals surface area (Å²) in [6, 6.07) is 21.9. The maximum atomic E-state index is 13.8. The minimum absolute atomic E-state index is 0.0215. The minimum Gasteiger partial charge on any atom is -0.497 e. The molecule has 2 amide bonds. The van der Waals surface area contributed by atoms with E-state index in [0.29, 0.717) is 39.2 Å². The average molecular weight is 554 g/mol. The van der Waals surface area contributed by atoms with Crippen molar-refractivity contribution in [2.45, 2.75) is 39.9 Å². The molecule has 8 heteroatoms. The van der Waals surface area contributed by atoms with Gasteiger partial charge in [-0.05, 0) is 55.7 Å². The molecule has 0 atom stereocenters. The number of ether oxygens (including phenoxy) is 2. The van der Waals surface area contributed by atoms with Gasteiger partial charge >= 0.3 is 0 Å². The number of rotatable bonds is 15. The molecule has 3 rings (SSSR count). The summed E-state index contributed by atoms with van der Waals surface area (Å²) in [5.41, 5.74) is 2.35. The minimum atomic E-state index is -0.773. The molecule has 0 aliphatic rings. The number of methoxy groups -OCH3 is 2. The summed E-state index contributed by atoms with van der Waals surface area (Å²) in [6.07, 6.45) is 2.65. The van der Waals surface area contributed by atoms with Crippen molar-refractivity contribution < 1.29 is 19.1 Å². The second kappa shape index (κ2) is 14.8. The first kappa shape index (κ1) is 30.3. The summed E-state index contributed by atoms with van der Waals surface area (Å²) in [4.78, 5) is 30.6. The molecule has 0 aliphatic carbocycles. The number of hydrogen-bond acceptors (Lipinski definition) is 4. The van der Waals surface area contributed by atoms with Gasteiger partial charge in [-0.1, -0.05) is 42.5 Å². The van der Waals surface area contributed by atoms with Gasteiger partial charge in [0.05, 0.1) is 25.6 Å². The molecule has 1 heterocycles. The van der Waals surface area contributed by atoms with E-state index in [-0.39, 0.29) is 24.2 Å². The first-order chi connectivity index (χ1) is 18.8. The molecule has 0 saturated carbocycles. The Hall–Kier alpha value is -3.29. The Balaban J connectivity index is 1.84. The van der Waals surface area contributed by atoms with E-state index in [4.69, 9.17) is 21.1 Å². The number of amides is 2. The van der Waals surface area contributed by atoms with Gasteiger partial charge in [0.1, 0.15) is 5.75 Å². The fourth-order valence-corrected chi connectivity index (χ4v) is 4.46. The number of aromatic nitrogens is 1. The van der Waals surface area contributed by atoms with Crippen LogP contribution in [0.5, 0.6) is 5.75 Å². The van der Waals surface area contributed by atoms with Crippen LogP contribution in [-0.4, -0.2) is 66.0 Å².